The number of carbonyl (C=O) groups excluding carboxylic acids is 3. The molecule has 3 rings (SSSR count). The first-order valence-electron chi connectivity index (χ1n) is 14.2. The van der Waals surface area contributed by atoms with E-state index in [1.54, 1.807) is 74.2 Å². The van der Waals surface area contributed by atoms with Gasteiger partial charge >= 0.3 is 12.1 Å². The van der Waals surface area contributed by atoms with Crippen molar-refractivity contribution in [3.05, 3.63) is 89.5 Å². The molecule has 4 amide bonds. The van der Waals surface area contributed by atoms with Gasteiger partial charge in [-0.05, 0) is 82.2 Å². The number of halogens is 2. The minimum atomic E-state index is -1.06. The number of rotatable bonds is 10. The Balaban J connectivity index is 1.74. The first-order valence-corrected chi connectivity index (χ1v) is 14.2. The third-order valence-electron chi connectivity index (χ3n) is 6.22. The second kappa shape index (κ2) is 14.3. The van der Waals surface area contributed by atoms with Crippen molar-refractivity contribution in [1.82, 2.24) is 9.80 Å². The van der Waals surface area contributed by atoms with E-state index in [2.05, 4.69) is 16.0 Å². The van der Waals surface area contributed by atoms with Crippen molar-refractivity contribution < 1.29 is 27.9 Å². The average molecular weight is 610 g/mol. The number of ether oxygens (including phenoxy) is 1. The van der Waals surface area contributed by atoms with Crippen LogP contribution in [0.1, 0.15) is 50.5 Å². The lowest BCUT2D eigenvalue weighted by atomic mass is 9.92. The molecule has 0 saturated heterocycles. The molecule has 44 heavy (non-hydrogen) atoms. The smallest absolute Gasteiger partial charge is 0.412 e. The summed E-state index contributed by atoms with van der Waals surface area (Å²) in [6.45, 7) is 10.6. The Labute approximate surface area is 257 Å². The number of nitrogens with one attached hydrogen (secondary N) is 3. The van der Waals surface area contributed by atoms with E-state index in [0.717, 1.165) is 17.7 Å². The molecule has 0 fully saturated rings. The molecule has 236 valence electrons. The van der Waals surface area contributed by atoms with Gasteiger partial charge in [-0.2, -0.15) is 0 Å². The SMILES string of the molecule is CN(C)CC(C)(C)CN(Cc1ccc(C(=O)Nc2ccccc2NC(=O)OC(C)(C)C)cc1)C(=O)Nc1ccc(F)c(F)c1. The van der Waals surface area contributed by atoms with Gasteiger partial charge in [0.2, 0.25) is 0 Å². The predicted molar refractivity (Wildman–Crippen MR) is 169 cm³/mol. The zero-order valence-electron chi connectivity index (χ0n) is 26.3. The van der Waals surface area contributed by atoms with Crippen molar-refractivity contribution >= 4 is 35.1 Å². The molecule has 0 aromatic heterocycles. The van der Waals surface area contributed by atoms with Crippen LogP contribution in [0.5, 0.6) is 0 Å². The Bertz CT molecular complexity index is 1470. The highest BCUT2D eigenvalue weighted by Gasteiger charge is 2.26. The molecule has 0 unspecified atom stereocenters. The molecular formula is C33H41F2N5O4. The van der Waals surface area contributed by atoms with Crippen molar-refractivity contribution in [3.8, 4) is 0 Å². The highest BCUT2D eigenvalue weighted by molar-refractivity contribution is 6.06. The Morgan fingerprint density at radius 1 is 0.773 bits per heavy atom. The summed E-state index contributed by atoms with van der Waals surface area (Å²) >= 11 is 0. The van der Waals surface area contributed by atoms with Crippen LogP contribution in [0.3, 0.4) is 0 Å². The second-order valence-electron chi connectivity index (χ2n) is 12.6. The summed E-state index contributed by atoms with van der Waals surface area (Å²) in [6.07, 6.45) is -0.643. The van der Waals surface area contributed by atoms with Gasteiger partial charge in [0.05, 0.1) is 11.4 Å². The van der Waals surface area contributed by atoms with Crippen molar-refractivity contribution in [2.45, 2.75) is 46.8 Å². The molecule has 0 bridgehead atoms. The summed E-state index contributed by atoms with van der Waals surface area (Å²) in [5.74, 6) is -2.45. The quantitative estimate of drug-likeness (QED) is 0.226. The van der Waals surface area contributed by atoms with Crippen LogP contribution in [-0.2, 0) is 11.3 Å². The summed E-state index contributed by atoms with van der Waals surface area (Å²) in [7, 11) is 3.90. The molecule has 0 atom stereocenters. The number of urea groups is 1. The van der Waals surface area contributed by atoms with E-state index in [0.29, 0.717) is 30.0 Å². The highest BCUT2D eigenvalue weighted by Crippen LogP contribution is 2.24. The van der Waals surface area contributed by atoms with E-state index in [4.69, 9.17) is 4.74 Å². The number of hydrogen-bond acceptors (Lipinski definition) is 5. The largest absolute Gasteiger partial charge is 0.444 e. The maximum Gasteiger partial charge on any atom is 0.412 e. The number of benzene rings is 3. The predicted octanol–water partition coefficient (Wildman–Crippen LogP) is 7.19. The van der Waals surface area contributed by atoms with Crippen LogP contribution in [-0.4, -0.2) is 60.6 Å². The first-order chi connectivity index (χ1) is 20.5. The van der Waals surface area contributed by atoms with Crippen molar-refractivity contribution in [3.63, 3.8) is 0 Å². The van der Waals surface area contributed by atoms with Gasteiger partial charge in [-0.3, -0.25) is 10.1 Å². The van der Waals surface area contributed by atoms with Crippen LogP contribution in [0.15, 0.2) is 66.7 Å². The Hall–Kier alpha value is -4.51. The molecule has 0 aliphatic rings. The van der Waals surface area contributed by atoms with Crippen molar-refractivity contribution in [1.29, 1.82) is 0 Å². The minimum Gasteiger partial charge on any atom is -0.444 e. The summed E-state index contributed by atoms with van der Waals surface area (Å²) in [6, 6.07) is 16.3. The van der Waals surface area contributed by atoms with Crippen LogP contribution in [0, 0.1) is 17.0 Å². The van der Waals surface area contributed by atoms with E-state index in [1.165, 1.54) is 6.07 Å². The minimum absolute atomic E-state index is 0.137. The van der Waals surface area contributed by atoms with Gasteiger partial charge in [0, 0.05) is 37.0 Å². The summed E-state index contributed by atoms with van der Waals surface area (Å²) in [4.78, 5) is 42.3. The number of nitrogens with zero attached hydrogens (tertiary/aromatic N) is 2. The topological polar surface area (TPSA) is 103 Å². The van der Waals surface area contributed by atoms with Crippen LogP contribution in [0.4, 0.5) is 35.4 Å². The normalized spacial score (nSPS) is 11.6. The van der Waals surface area contributed by atoms with Crippen molar-refractivity contribution in [2.24, 2.45) is 5.41 Å². The maximum absolute atomic E-state index is 13.8. The third kappa shape index (κ3) is 10.6. The lowest BCUT2D eigenvalue weighted by Gasteiger charge is -2.34. The van der Waals surface area contributed by atoms with Crippen LogP contribution in [0.2, 0.25) is 0 Å². The van der Waals surface area contributed by atoms with E-state index in [-0.39, 0.29) is 17.6 Å². The molecule has 3 N–H and O–H groups in total. The van der Waals surface area contributed by atoms with Crippen molar-refractivity contribution in [2.75, 3.05) is 43.1 Å². The number of amides is 4. The van der Waals surface area contributed by atoms with E-state index in [1.807, 2.05) is 32.8 Å². The fraction of sp³-hybridized carbons (Fsp3) is 0.364. The molecule has 0 heterocycles. The van der Waals surface area contributed by atoms with Crippen LogP contribution in [0.25, 0.3) is 0 Å². The fourth-order valence-corrected chi connectivity index (χ4v) is 4.69. The van der Waals surface area contributed by atoms with E-state index < -0.39 is 35.3 Å². The molecule has 0 aliphatic heterocycles. The Morgan fingerprint density at radius 2 is 1.39 bits per heavy atom. The molecule has 0 aliphatic carbocycles. The van der Waals surface area contributed by atoms with Gasteiger partial charge in [-0.15, -0.1) is 0 Å². The third-order valence-corrected chi connectivity index (χ3v) is 6.22. The lowest BCUT2D eigenvalue weighted by molar-refractivity contribution is 0.0635. The van der Waals surface area contributed by atoms with Crippen LogP contribution < -0.4 is 16.0 Å². The highest BCUT2D eigenvalue weighted by atomic mass is 19.2. The number of hydrogen-bond donors (Lipinski definition) is 3. The van der Waals surface area contributed by atoms with Gasteiger partial charge in [-0.25, -0.2) is 18.4 Å². The van der Waals surface area contributed by atoms with Gasteiger partial charge < -0.3 is 25.2 Å². The van der Waals surface area contributed by atoms with E-state index >= 15 is 0 Å². The number of carbonyl (C=O) groups is 3. The van der Waals surface area contributed by atoms with Gasteiger partial charge in [0.15, 0.2) is 11.6 Å². The molecular weight excluding hydrogens is 568 g/mol. The van der Waals surface area contributed by atoms with E-state index in [9.17, 15) is 23.2 Å². The summed E-state index contributed by atoms with van der Waals surface area (Å²) < 4.78 is 32.5. The standard InChI is InChI=1S/C33H41F2N5O4/c1-32(2,3)44-31(43)38-28-11-9-8-10-27(28)37-29(41)23-14-12-22(13-15-23)19-40(21-33(4,5)20-39(6)7)30(42)36-24-16-17-25(34)26(35)18-24/h8-18H,19-21H2,1-7H3,(H,36,42)(H,37,41)(H,38,43). The van der Waals surface area contributed by atoms with Gasteiger partial charge in [-0.1, -0.05) is 38.1 Å². The zero-order chi connectivity index (χ0) is 32.7. The number of para-hydroxylation sites is 2. The first kappa shape index (κ1) is 34.0. The number of anilines is 3. The maximum atomic E-state index is 13.8. The Kier molecular flexibility index (Phi) is 11.1. The van der Waals surface area contributed by atoms with Crippen LogP contribution >= 0.6 is 0 Å². The molecule has 9 nitrogen and oxygen atoms in total. The molecule has 3 aromatic rings. The van der Waals surface area contributed by atoms with Gasteiger partial charge in [0.1, 0.15) is 5.60 Å². The lowest BCUT2D eigenvalue weighted by Crippen LogP contribution is -2.44. The molecule has 0 saturated carbocycles. The second-order valence-corrected chi connectivity index (χ2v) is 12.6. The average Bonchev–Trinajstić information content (AvgIpc) is 2.90. The molecule has 0 spiro atoms. The summed E-state index contributed by atoms with van der Waals surface area (Å²) in [5, 5.41) is 8.13. The summed E-state index contributed by atoms with van der Waals surface area (Å²) in [5.41, 5.74) is 1.07. The van der Waals surface area contributed by atoms with Gasteiger partial charge in [0.25, 0.3) is 5.91 Å². The monoisotopic (exact) mass is 609 g/mol. The molecule has 0 radical (unpaired) electrons. The molecule has 11 heteroatoms. The Morgan fingerprint density at radius 3 is 1.95 bits per heavy atom. The zero-order valence-corrected chi connectivity index (χ0v) is 26.3. The molecule has 3 aromatic carbocycles. The fourth-order valence-electron chi connectivity index (χ4n) is 4.69.